The summed E-state index contributed by atoms with van der Waals surface area (Å²) >= 11 is 12.1. The van der Waals surface area contributed by atoms with Crippen LogP contribution in [0.5, 0.6) is 0 Å². The molecule has 1 heterocycles. The molecule has 3 aromatic carbocycles. The molecule has 6 nitrogen and oxygen atoms in total. The molecule has 0 unspecified atom stereocenters. The summed E-state index contributed by atoms with van der Waals surface area (Å²) in [6.45, 7) is 0. The Morgan fingerprint density at radius 1 is 0.765 bits per heavy atom. The van der Waals surface area contributed by atoms with Gasteiger partial charge < -0.3 is 9.73 Å². The minimum Gasteiger partial charge on any atom is -0.451 e. The highest BCUT2D eigenvalue weighted by atomic mass is 35.5. The molecule has 0 aliphatic heterocycles. The molecular formula is C26H21Cl2N3O3. The van der Waals surface area contributed by atoms with Crippen molar-refractivity contribution in [3.05, 3.63) is 82.0 Å². The zero-order valence-electron chi connectivity index (χ0n) is 18.1. The van der Waals surface area contributed by atoms with Crippen molar-refractivity contribution < 1.29 is 14.0 Å². The number of hydrogen-bond donors (Lipinski definition) is 3. The number of fused-ring (bicyclic) bond motifs is 3. The lowest BCUT2D eigenvalue weighted by molar-refractivity contribution is 0.0665. The minimum absolute atomic E-state index is 0.194. The Labute approximate surface area is 205 Å². The van der Waals surface area contributed by atoms with Crippen molar-refractivity contribution in [2.24, 2.45) is 0 Å². The Hall–Kier alpha value is -3.06. The van der Waals surface area contributed by atoms with E-state index in [0.29, 0.717) is 21.2 Å². The van der Waals surface area contributed by atoms with Crippen molar-refractivity contribution in [3.63, 3.8) is 0 Å². The highest BCUT2D eigenvalue weighted by Gasteiger charge is 2.61. The number of nitrogens with one attached hydrogen (secondary N) is 3. The quantitative estimate of drug-likeness (QED) is 0.315. The van der Waals surface area contributed by atoms with Gasteiger partial charge in [0.1, 0.15) is 5.58 Å². The van der Waals surface area contributed by atoms with E-state index < -0.39 is 0 Å². The van der Waals surface area contributed by atoms with Crippen LogP contribution in [0.4, 0.5) is 0 Å². The molecule has 4 aromatic rings. The van der Waals surface area contributed by atoms with E-state index in [1.807, 2.05) is 30.3 Å². The molecule has 3 N–H and O–H groups in total. The van der Waals surface area contributed by atoms with E-state index in [-0.39, 0.29) is 28.7 Å². The predicted octanol–water partition coefficient (Wildman–Crippen LogP) is 5.62. The Bertz CT molecular complexity index is 1470. The van der Waals surface area contributed by atoms with Gasteiger partial charge >= 0.3 is 0 Å². The Balaban J connectivity index is 1.08. The predicted molar refractivity (Wildman–Crippen MR) is 132 cm³/mol. The molecule has 0 spiro atoms. The van der Waals surface area contributed by atoms with Crippen LogP contribution >= 0.6 is 23.2 Å². The molecular weight excluding hydrogens is 473 g/mol. The van der Waals surface area contributed by atoms with Gasteiger partial charge in [-0.25, -0.2) is 5.43 Å². The molecule has 3 aliphatic rings. The molecule has 3 aliphatic carbocycles. The summed E-state index contributed by atoms with van der Waals surface area (Å²) in [7, 11) is 0. The Kier molecular flexibility index (Phi) is 4.88. The lowest BCUT2D eigenvalue weighted by Crippen LogP contribution is -2.66. The first kappa shape index (κ1) is 21.5. The summed E-state index contributed by atoms with van der Waals surface area (Å²) in [5, 5.41) is 7.15. The Morgan fingerprint density at radius 3 is 2.26 bits per heavy atom. The van der Waals surface area contributed by atoms with Gasteiger partial charge in [-0.05, 0) is 85.0 Å². The summed E-state index contributed by atoms with van der Waals surface area (Å²) in [6, 6.07) is 18.1. The van der Waals surface area contributed by atoms with Crippen LogP contribution in [0.2, 0.25) is 10.0 Å². The first-order valence-electron chi connectivity index (χ1n) is 11.1. The smallest absolute Gasteiger partial charge is 0.287 e. The van der Waals surface area contributed by atoms with E-state index in [2.05, 4.69) is 16.2 Å². The van der Waals surface area contributed by atoms with Crippen molar-refractivity contribution in [1.82, 2.24) is 16.2 Å². The fourth-order valence-corrected chi connectivity index (χ4v) is 5.79. The van der Waals surface area contributed by atoms with Gasteiger partial charge in [-0.1, -0.05) is 35.3 Å². The van der Waals surface area contributed by atoms with E-state index in [1.54, 1.807) is 30.3 Å². The molecule has 0 radical (unpaired) electrons. The third-order valence-electron chi connectivity index (χ3n) is 7.02. The highest BCUT2D eigenvalue weighted by molar-refractivity contribution is 6.31. The second kappa shape index (κ2) is 7.73. The molecule has 34 heavy (non-hydrogen) atoms. The fraction of sp³-hybridized carbons (Fsp3) is 0.231. The zero-order valence-corrected chi connectivity index (χ0v) is 19.6. The fourth-order valence-electron chi connectivity index (χ4n) is 5.43. The maximum atomic E-state index is 12.8. The van der Waals surface area contributed by atoms with Gasteiger partial charge in [-0.2, -0.15) is 0 Å². The number of hydrogen-bond acceptors (Lipinski definition) is 4. The molecule has 2 bridgehead atoms. The van der Waals surface area contributed by atoms with E-state index in [1.165, 1.54) is 0 Å². The zero-order chi connectivity index (χ0) is 23.5. The van der Waals surface area contributed by atoms with Gasteiger partial charge in [-0.3, -0.25) is 15.0 Å². The molecule has 7 rings (SSSR count). The SMILES string of the molecule is O=C(NNC12CCC(NC(=O)c3cc4cc(Cl)ccc4o3)(C1)C2)c1ccc2cc(Cl)ccc2c1. The van der Waals surface area contributed by atoms with Gasteiger partial charge in [0.25, 0.3) is 11.8 Å². The molecule has 0 saturated heterocycles. The van der Waals surface area contributed by atoms with Crippen LogP contribution in [0.1, 0.15) is 46.6 Å². The number of rotatable bonds is 5. The summed E-state index contributed by atoms with van der Waals surface area (Å²) < 4.78 is 5.70. The number of carbonyl (C=O) groups excluding carboxylic acids is 2. The molecule has 3 saturated carbocycles. The largest absolute Gasteiger partial charge is 0.451 e. The van der Waals surface area contributed by atoms with Crippen LogP contribution in [0.3, 0.4) is 0 Å². The Morgan fingerprint density at radius 2 is 1.44 bits per heavy atom. The summed E-state index contributed by atoms with van der Waals surface area (Å²) in [5.74, 6) is -0.154. The average molecular weight is 494 g/mol. The second-order valence-corrected chi connectivity index (χ2v) is 10.3. The molecule has 3 fully saturated rings. The van der Waals surface area contributed by atoms with Gasteiger partial charge in [0.2, 0.25) is 0 Å². The number of carbonyl (C=O) groups is 2. The van der Waals surface area contributed by atoms with Gasteiger partial charge in [0, 0.05) is 32.1 Å². The van der Waals surface area contributed by atoms with Crippen LogP contribution in [-0.2, 0) is 0 Å². The first-order chi connectivity index (χ1) is 16.3. The highest BCUT2D eigenvalue weighted by Crippen LogP contribution is 2.54. The lowest BCUT2D eigenvalue weighted by Gasteiger charge is -2.47. The molecule has 8 heteroatoms. The van der Waals surface area contributed by atoms with Crippen LogP contribution < -0.4 is 16.2 Å². The topological polar surface area (TPSA) is 83.4 Å². The monoisotopic (exact) mass is 493 g/mol. The number of amides is 2. The van der Waals surface area contributed by atoms with Crippen molar-refractivity contribution in [2.75, 3.05) is 0 Å². The van der Waals surface area contributed by atoms with Crippen LogP contribution in [-0.4, -0.2) is 22.9 Å². The number of benzene rings is 3. The third kappa shape index (κ3) is 3.72. The van der Waals surface area contributed by atoms with Crippen molar-refractivity contribution in [1.29, 1.82) is 0 Å². The second-order valence-electron chi connectivity index (χ2n) is 9.45. The van der Waals surface area contributed by atoms with E-state index >= 15 is 0 Å². The van der Waals surface area contributed by atoms with E-state index in [4.69, 9.17) is 27.6 Å². The van der Waals surface area contributed by atoms with Crippen molar-refractivity contribution >= 4 is 56.8 Å². The van der Waals surface area contributed by atoms with Gasteiger partial charge in [0.05, 0.1) is 0 Å². The average Bonchev–Trinajstić information content (AvgIpc) is 3.48. The summed E-state index contributed by atoms with van der Waals surface area (Å²) in [5.41, 5.74) is 6.80. The van der Waals surface area contributed by atoms with Crippen molar-refractivity contribution in [2.45, 2.75) is 36.8 Å². The summed E-state index contributed by atoms with van der Waals surface area (Å²) in [6.07, 6.45) is 3.19. The first-order valence-corrected chi connectivity index (χ1v) is 11.9. The number of halogens is 2. The van der Waals surface area contributed by atoms with Crippen LogP contribution in [0.15, 0.2) is 65.1 Å². The summed E-state index contributed by atoms with van der Waals surface area (Å²) in [4.78, 5) is 25.6. The van der Waals surface area contributed by atoms with Crippen LogP contribution in [0, 0.1) is 0 Å². The standard InChI is InChI=1S/C26H21Cl2N3O3/c27-19-4-3-15-9-17(2-1-16(15)10-19)23(32)30-31-26-8-7-25(13-26,14-26)29-24(33)22-12-18-11-20(28)5-6-21(18)34-22/h1-6,9-12,31H,7-8,13-14H2,(H,29,33)(H,30,32). The normalized spacial score (nSPS) is 23.1. The van der Waals surface area contributed by atoms with Crippen molar-refractivity contribution in [3.8, 4) is 0 Å². The maximum Gasteiger partial charge on any atom is 0.287 e. The molecule has 172 valence electrons. The lowest BCUT2D eigenvalue weighted by atomic mass is 9.71. The minimum atomic E-state index is -0.284. The van der Waals surface area contributed by atoms with Gasteiger partial charge in [0.15, 0.2) is 5.76 Å². The number of hydrazine groups is 1. The third-order valence-corrected chi connectivity index (χ3v) is 7.49. The maximum absolute atomic E-state index is 12.8. The molecule has 1 aromatic heterocycles. The van der Waals surface area contributed by atoms with E-state index in [0.717, 1.165) is 41.8 Å². The number of furan rings is 1. The molecule has 0 atom stereocenters. The van der Waals surface area contributed by atoms with Gasteiger partial charge in [-0.15, -0.1) is 0 Å². The van der Waals surface area contributed by atoms with E-state index in [9.17, 15) is 9.59 Å². The van der Waals surface area contributed by atoms with Crippen LogP contribution in [0.25, 0.3) is 21.7 Å². The molecule has 2 amide bonds.